The van der Waals surface area contributed by atoms with Gasteiger partial charge in [0.15, 0.2) is 5.82 Å². The number of likely N-dealkylation sites (N-methyl/N-ethyl adjacent to an activating group) is 1. The van der Waals surface area contributed by atoms with Crippen LogP contribution in [0.15, 0.2) is 36.8 Å². The van der Waals surface area contributed by atoms with Gasteiger partial charge < -0.3 is 14.8 Å². The van der Waals surface area contributed by atoms with Crippen LogP contribution in [0.3, 0.4) is 0 Å². The van der Waals surface area contributed by atoms with Gasteiger partial charge in [0, 0.05) is 49.5 Å². The fraction of sp³-hybridized carbons (Fsp3) is 0.364. The van der Waals surface area contributed by atoms with Crippen molar-refractivity contribution in [2.45, 2.75) is 20.3 Å². The van der Waals surface area contributed by atoms with Gasteiger partial charge in [-0.25, -0.2) is 4.98 Å². The molecular formula is C22H26N6O. The van der Waals surface area contributed by atoms with E-state index in [1.165, 1.54) is 0 Å². The number of aryl methyl sites for hydroxylation is 2. The van der Waals surface area contributed by atoms with E-state index in [0.29, 0.717) is 5.56 Å². The quantitative estimate of drug-likeness (QED) is 0.744. The number of hydrogen-bond acceptors (Lipinski definition) is 5. The van der Waals surface area contributed by atoms with Crippen molar-refractivity contribution < 1.29 is 4.79 Å². The Morgan fingerprint density at radius 1 is 1.07 bits per heavy atom. The first-order valence-electron chi connectivity index (χ1n) is 9.94. The van der Waals surface area contributed by atoms with E-state index in [1.807, 2.05) is 36.9 Å². The molecule has 1 amide bonds. The minimum Gasteiger partial charge on any atom is -0.341 e. The Morgan fingerprint density at radius 2 is 1.93 bits per heavy atom. The molecular weight excluding hydrogens is 364 g/mol. The fourth-order valence-electron chi connectivity index (χ4n) is 3.56. The highest BCUT2D eigenvalue weighted by molar-refractivity contribution is 5.95. The highest BCUT2D eigenvalue weighted by Gasteiger charge is 2.19. The number of carbonyl (C=O) groups is 1. The van der Waals surface area contributed by atoms with Gasteiger partial charge in [-0.1, -0.05) is 0 Å². The third kappa shape index (κ3) is 4.19. The summed E-state index contributed by atoms with van der Waals surface area (Å²) in [5.74, 6) is 0.789. The summed E-state index contributed by atoms with van der Waals surface area (Å²) in [6.07, 6.45) is 6.19. The van der Waals surface area contributed by atoms with Crippen molar-refractivity contribution in [1.82, 2.24) is 29.7 Å². The monoisotopic (exact) mass is 390 g/mol. The maximum absolute atomic E-state index is 13.0. The topological polar surface area (TPSA) is 78.0 Å². The van der Waals surface area contributed by atoms with Crippen LogP contribution in [0, 0.1) is 13.8 Å². The molecule has 1 aliphatic rings. The zero-order chi connectivity index (χ0) is 20.4. The third-order valence-electron chi connectivity index (χ3n) is 5.46. The average Bonchev–Trinajstić information content (AvgIpc) is 2.94. The predicted molar refractivity (Wildman–Crippen MR) is 113 cm³/mol. The first-order valence-corrected chi connectivity index (χ1v) is 9.94. The van der Waals surface area contributed by atoms with Crippen molar-refractivity contribution in [2.24, 2.45) is 0 Å². The van der Waals surface area contributed by atoms with Crippen molar-refractivity contribution in [1.29, 1.82) is 0 Å². The highest BCUT2D eigenvalue weighted by atomic mass is 16.2. The lowest BCUT2D eigenvalue weighted by molar-refractivity contribution is 0.0762. The number of aromatic nitrogens is 4. The molecule has 1 fully saturated rings. The molecule has 0 saturated carbocycles. The van der Waals surface area contributed by atoms with Gasteiger partial charge in [-0.3, -0.25) is 14.8 Å². The van der Waals surface area contributed by atoms with E-state index in [4.69, 9.17) is 0 Å². The molecule has 1 N–H and O–H groups in total. The lowest BCUT2D eigenvalue weighted by Gasteiger charge is -2.20. The molecule has 4 rings (SSSR count). The zero-order valence-corrected chi connectivity index (χ0v) is 17.1. The van der Waals surface area contributed by atoms with E-state index >= 15 is 0 Å². The first kappa shape index (κ1) is 19.3. The summed E-state index contributed by atoms with van der Waals surface area (Å²) < 4.78 is 0. The molecule has 0 atom stereocenters. The van der Waals surface area contributed by atoms with Gasteiger partial charge in [0.1, 0.15) is 5.69 Å². The molecule has 0 radical (unpaired) electrons. The van der Waals surface area contributed by atoms with Gasteiger partial charge in [-0.2, -0.15) is 0 Å². The summed E-state index contributed by atoms with van der Waals surface area (Å²) in [6, 6.07) is 5.82. The second-order valence-corrected chi connectivity index (χ2v) is 7.64. The molecule has 0 aliphatic carbocycles. The summed E-state index contributed by atoms with van der Waals surface area (Å²) in [5, 5.41) is 0. The van der Waals surface area contributed by atoms with Crippen LogP contribution in [0.5, 0.6) is 0 Å². The van der Waals surface area contributed by atoms with Crippen LogP contribution in [0.1, 0.15) is 28.2 Å². The number of imidazole rings is 1. The Hall–Kier alpha value is -3.06. The van der Waals surface area contributed by atoms with E-state index in [1.54, 1.807) is 18.6 Å². The Balaban J connectivity index is 1.60. The van der Waals surface area contributed by atoms with Crippen LogP contribution in [0.25, 0.3) is 22.6 Å². The van der Waals surface area contributed by atoms with Crippen LogP contribution in [-0.2, 0) is 0 Å². The number of amides is 1. The molecule has 0 aromatic carbocycles. The van der Waals surface area contributed by atoms with Crippen LogP contribution in [0.4, 0.5) is 0 Å². The smallest absolute Gasteiger partial charge is 0.255 e. The predicted octanol–water partition coefficient (Wildman–Crippen LogP) is 2.93. The summed E-state index contributed by atoms with van der Waals surface area (Å²) in [7, 11) is 2.10. The minimum absolute atomic E-state index is 0.0428. The molecule has 3 aromatic heterocycles. The Morgan fingerprint density at radius 3 is 2.72 bits per heavy atom. The lowest BCUT2D eigenvalue weighted by atomic mass is 10.1. The maximum atomic E-state index is 13.0. The number of carbonyl (C=O) groups excluding carboxylic acids is 1. The number of nitrogens with zero attached hydrogens (tertiary/aromatic N) is 5. The number of H-pyrrole nitrogens is 1. The molecule has 29 heavy (non-hydrogen) atoms. The molecule has 3 aromatic rings. The van der Waals surface area contributed by atoms with E-state index < -0.39 is 0 Å². The summed E-state index contributed by atoms with van der Waals surface area (Å²) in [5.41, 5.74) is 5.24. The van der Waals surface area contributed by atoms with Gasteiger partial charge in [0.05, 0.1) is 11.3 Å². The number of pyridine rings is 2. The van der Waals surface area contributed by atoms with E-state index in [9.17, 15) is 4.79 Å². The second-order valence-electron chi connectivity index (χ2n) is 7.64. The largest absolute Gasteiger partial charge is 0.341 e. The Bertz CT molecular complexity index is 1010. The molecule has 7 nitrogen and oxygen atoms in total. The van der Waals surface area contributed by atoms with Crippen molar-refractivity contribution in [3.63, 3.8) is 0 Å². The first-order chi connectivity index (χ1) is 14.0. The molecule has 1 aliphatic heterocycles. The molecule has 0 unspecified atom stereocenters. The second kappa shape index (κ2) is 8.13. The summed E-state index contributed by atoms with van der Waals surface area (Å²) in [6.45, 7) is 7.41. The van der Waals surface area contributed by atoms with Crippen molar-refractivity contribution in [3.05, 3.63) is 53.7 Å². The number of rotatable bonds is 3. The number of hydrogen-bond donors (Lipinski definition) is 1. The van der Waals surface area contributed by atoms with Crippen molar-refractivity contribution in [3.8, 4) is 22.6 Å². The fourth-order valence-corrected chi connectivity index (χ4v) is 3.56. The molecule has 4 heterocycles. The van der Waals surface area contributed by atoms with Crippen molar-refractivity contribution in [2.75, 3.05) is 33.2 Å². The molecule has 150 valence electrons. The molecule has 0 spiro atoms. The minimum atomic E-state index is 0.0428. The van der Waals surface area contributed by atoms with Crippen LogP contribution < -0.4 is 0 Å². The van der Waals surface area contributed by atoms with Gasteiger partial charge >= 0.3 is 0 Å². The van der Waals surface area contributed by atoms with Gasteiger partial charge in [0.25, 0.3) is 5.91 Å². The average molecular weight is 390 g/mol. The Labute approximate surface area is 170 Å². The van der Waals surface area contributed by atoms with E-state index in [-0.39, 0.29) is 5.91 Å². The maximum Gasteiger partial charge on any atom is 0.255 e. The zero-order valence-electron chi connectivity index (χ0n) is 17.1. The normalized spacial score (nSPS) is 15.3. The standard InChI is InChI=1S/C22H26N6O/c1-15-16(2)26-21(25-15)20-12-17(5-6-24-20)18-11-19(14-23-13-18)22(29)28-8-4-7-27(3)9-10-28/h5-6,11-14H,4,7-10H2,1-3H3,(H,25,26). The number of aromatic amines is 1. The number of nitrogens with one attached hydrogen (secondary N) is 1. The van der Waals surface area contributed by atoms with Gasteiger partial charge in [0.2, 0.25) is 0 Å². The molecule has 0 bridgehead atoms. The van der Waals surface area contributed by atoms with Crippen molar-refractivity contribution >= 4 is 5.91 Å². The summed E-state index contributed by atoms with van der Waals surface area (Å²) >= 11 is 0. The molecule has 7 heteroatoms. The highest BCUT2D eigenvalue weighted by Crippen LogP contribution is 2.24. The third-order valence-corrected chi connectivity index (χ3v) is 5.46. The van der Waals surface area contributed by atoms with E-state index in [0.717, 1.165) is 66.6 Å². The van der Waals surface area contributed by atoms with Gasteiger partial charge in [-0.05, 0) is 57.6 Å². The van der Waals surface area contributed by atoms with Gasteiger partial charge in [-0.15, -0.1) is 0 Å². The molecule has 1 saturated heterocycles. The lowest BCUT2D eigenvalue weighted by Crippen LogP contribution is -2.34. The SMILES string of the molecule is Cc1nc(-c2cc(-c3cncc(C(=O)N4CCCN(C)CC4)c3)ccn2)[nH]c1C. The Kier molecular flexibility index (Phi) is 5.40. The van der Waals surface area contributed by atoms with E-state index in [2.05, 4.69) is 31.9 Å². The van der Waals surface area contributed by atoms with Crippen LogP contribution >= 0.6 is 0 Å². The van der Waals surface area contributed by atoms with Crippen LogP contribution in [0.2, 0.25) is 0 Å². The summed E-state index contributed by atoms with van der Waals surface area (Å²) in [4.78, 5) is 33.8. The van der Waals surface area contributed by atoms with Crippen LogP contribution in [-0.4, -0.2) is 68.9 Å².